The Balaban J connectivity index is 1.45. The lowest BCUT2D eigenvalue weighted by Gasteiger charge is -2.28. The van der Waals surface area contributed by atoms with E-state index in [0.717, 1.165) is 40.9 Å². The number of morpholine rings is 1. The second-order valence-electron chi connectivity index (χ2n) is 8.29. The third-order valence-electron chi connectivity index (χ3n) is 5.38. The third-order valence-corrected chi connectivity index (χ3v) is 6.36. The van der Waals surface area contributed by atoms with Crippen LogP contribution in [0.1, 0.15) is 20.8 Å². The average Bonchev–Trinajstić information content (AvgIpc) is 3.23. The molecule has 0 radical (unpaired) electrons. The smallest absolute Gasteiger partial charge is 0.263 e. The highest BCUT2D eigenvalue weighted by molar-refractivity contribution is 7.99. The minimum Gasteiger partial charge on any atom is -0.478 e. The number of fused-ring (bicyclic) bond motifs is 1. The molecule has 0 bridgehead atoms. The topological polar surface area (TPSA) is 94.4 Å². The standard InChI is InChI=1S/C23H29ClN6O3S/c1-4-34-22-27-19(29-11-13-32-14-12-29)18-15-26-30(20(18)28-22)10-9-25-21(31)23(2,3)33-17-7-5-16(24)6-8-17/h5-8,15H,4,9-14H2,1-3H3,(H,25,31). The lowest BCUT2D eigenvalue weighted by atomic mass is 10.1. The molecule has 1 aliphatic heterocycles. The van der Waals surface area contributed by atoms with E-state index in [-0.39, 0.29) is 5.91 Å². The molecule has 2 aromatic heterocycles. The van der Waals surface area contributed by atoms with Crippen LogP contribution in [0.3, 0.4) is 0 Å². The Morgan fingerprint density at radius 3 is 2.68 bits per heavy atom. The number of aromatic nitrogens is 4. The van der Waals surface area contributed by atoms with Gasteiger partial charge in [0.2, 0.25) is 0 Å². The monoisotopic (exact) mass is 504 g/mol. The SMILES string of the molecule is CCSc1nc(N2CCOCC2)c2cnn(CCNC(=O)C(C)(C)Oc3ccc(Cl)cc3)c2n1. The zero-order valence-electron chi connectivity index (χ0n) is 19.6. The number of halogens is 1. The fourth-order valence-electron chi connectivity index (χ4n) is 3.63. The van der Waals surface area contributed by atoms with Crippen molar-refractivity contribution in [2.24, 2.45) is 0 Å². The molecule has 0 unspecified atom stereocenters. The second-order valence-corrected chi connectivity index (χ2v) is 9.96. The van der Waals surface area contributed by atoms with E-state index >= 15 is 0 Å². The molecular formula is C23H29ClN6O3S. The Hall–Kier alpha value is -2.56. The van der Waals surface area contributed by atoms with Gasteiger partial charge in [-0.15, -0.1) is 0 Å². The Morgan fingerprint density at radius 1 is 1.24 bits per heavy atom. The summed E-state index contributed by atoms with van der Waals surface area (Å²) < 4.78 is 13.2. The number of anilines is 1. The first-order valence-electron chi connectivity index (χ1n) is 11.3. The number of hydrogen-bond acceptors (Lipinski definition) is 8. The lowest BCUT2D eigenvalue weighted by molar-refractivity contribution is -0.134. The predicted molar refractivity (Wildman–Crippen MR) is 134 cm³/mol. The summed E-state index contributed by atoms with van der Waals surface area (Å²) in [5.41, 5.74) is -0.283. The Kier molecular flexibility index (Phi) is 7.80. The molecule has 0 spiro atoms. The number of amides is 1. The van der Waals surface area contributed by atoms with Gasteiger partial charge >= 0.3 is 0 Å². The number of thioether (sulfide) groups is 1. The molecule has 9 nitrogen and oxygen atoms in total. The predicted octanol–water partition coefficient (Wildman–Crippen LogP) is 3.40. The van der Waals surface area contributed by atoms with Crippen molar-refractivity contribution in [2.45, 2.75) is 38.1 Å². The second kappa shape index (κ2) is 10.8. The number of nitrogens with zero attached hydrogens (tertiary/aromatic N) is 5. The Bertz CT molecular complexity index is 1130. The van der Waals surface area contributed by atoms with Gasteiger partial charge in [-0.1, -0.05) is 30.3 Å². The molecule has 3 heterocycles. The summed E-state index contributed by atoms with van der Waals surface area (Å²) in [5.74, 6) is 2.12. The van der Waals surface area contributed by atoms with Crippen molar-refractivity contribution in [3.63, 3.8) is 0 Å². The Morgan fingerprint density at radius 2 is 1.97 bits per heavy atom. The summed E-state index contributed by atoms with van der Waals surface area (Å²) in [5, 5.41) is 9.73. The molecule has 1 N–H and O–H groups in total. The van der Waals surface area contributed by atoms with E-state index in [2.05, 4.69) is 22.2 Å². The molecule has 4 rings (SSSR count). The van der Waals surface area contributed by atoms with E-state index in [1.165, 1.54) is 0 Å². The van der Waals surface area contributed by atoms with Crippen LogP contribution in [-0.4, -0.2) is 69.9 Å². The number of hydrogen-bond donors (Lipinski definition) is 1. The van der Waals surface area contributed by atoms with Gasteiger partial charge in [0.25, 0.3) is 5.91 Å². The van der Waals surface area contributed by atoms with E-state index in [4.69, 9.17) is 31.0 Å². The number of carbonyl (C=O) groups is 1. The first-order chi connectivity index (χ1) is 16.4. The van der Waals surface area contributed by atoms with Gasteiger partial charge in [0.05, 0.1) is 31.3 Å². The van der Waals surface area contributed by atoms with E-state index in [1.807, 2.05) is 4.68 Å². The van der Waals surface area contributed by atoms with Crippen LogP contribution in [0.15, 0.2) is 35.6 Å². The van der Waals surface area contributed by atoms with Crippen LogP contribution in [0.25, 0.3) is 11.0 Å². The quantitative estimate of drug-likeness (QED) is 0.350. The zero-order chi connectivity index (χ0) is 24.1. The van der Waals surface area contributed by atoms with Crippen LogP contribution in [0.4, 0.5) is 5.82 Å². The highest BCUT2D eigenvalue weighted by Crippen LogP contribution is 2.28. The zero-order valence-corrected chi connectivity index (χ0v) is 21.2. The van der Waals surface area contributed by atoms with Crippen molar-refractivity contribution in [3.05, 3.63) is 35.5 Å². The van der Waals surface area contributed by atoms with Crippen LogP contribution >= 0.6 is 23.4 Å². The van der Waals surface area contributed by atoms with Crippen molar-refractivity contribution in [3.8, 4) is 5.75 Å². The van der Waals surface area contributed by atoms with Gasteiger partial charge in [-0.2, -0.15) is 5.10 Å². The van der Waals surface area contributed by atoms with Gasteiger partial charge in [0, 0.05) is 24.7 Å². The van der Waals surface area contributed by atoms with Gasteiger partial charge in [-0.05, 0) is 43.9 Å². The van der Waals surface area contributed by atoms with Crippen LogP contribution in [0.2, 0.25) is 5.02 Å². The minimum absolute atomic E-state index is 0.218. The summed E-state index contributed by atoms with van der Waals surface area (Å²) in [7, 11) is 0. The lowest BCUT2D eigenvalue weighted by Crippen LogP contribution is -2.47. The molecule has 0 aliphatic carbocycles. The summed E-state index contributed by atoms with van der Waals surface area (Å²) in [6.07, 6.45) is 1.80. The summed E-state index contributed by atoms with van der Waals surface area (Å²) in [4.78, 5) is 24.5. The molecule has 34 heavy (non-hydrogen) atoms. The van der Waals surface area contributed by atoms with Gasteiger partial charge in [-0.3, -0.25) is 4.79 Å². The molecule has 1 fully saturated rings. The summed E-state index contributed by atoms with van der Waals surface area (Å²) in [6.45, 7) is 9.32. The maximum absolute atomic E-state index is 12.8. The molecule has 0 atom stereocenters. The summed E-state index contributed by atoms with van der Waals surface area (Å²) >= 11 is 7.52. The van der Waals surface area contributed by atoms with Gasteiger partial charge in [0.1, 0.15) is 11.6 Å². The minimum atomic E-state index is -1.05. The number of ether oxygens (including phenoxy) is 2. The molecule has 182 valence electrons. The molecule has 11 heteroatoms. The van der Waals surface area contributed by atoms with Crippen LogP contribution in [0.5, 0.6) is 5.75 Å². The molecule has 1 amide bonds. The van der Waals surface area contributed by atoms with Crippen molar-refractivity contribution < 1.29 is 14.3 Å². The van der Waals surface area contributed by atoms with E-state index in [9.17, 15) is 4.79 Å². The highest BCUT2D eigenvalue weighted by Gasteiger charge is 2.29. The van der Waals surface area contributed by atoms with Gasteiger partial charge in [-0.25, -0.2) is 14.6 Å². The van der Waals surface area contributed by atoms with Crippen LogP contribution < -0.4 is 15.0 Å². The Labute approximate surface area is 208 Å². The van der Waals surface area contributed by atoms with E-state index in [0.29, 0.717) is 37.1 Å². The largest absolute Gasteiger partial charge is 0.478 e. The summed E-state index contributed by atoms with van der Waals surface area (Å²) in [6, 6.07) is 6.94. The van der Waals surface area contributed by atoms with Gasteiger partial charge in [0.15, 0.2) is 16.4 Å². The molecule has 0 saturated carbocycles. The normalized spacial score (nSPS) is 14.4. The number of nitrogens with one attached hydrogen (secondary N) is 1. The number of benzene rings is 1. The fourth-order valence-corrected chi connectivity index (χ4v) is 4.31. The number of carbonyl (C=O) groups excluding carboxylic acids is 1. The molecule has 1 saturated heterocycles. The first-order valence-corrected chi connectivity index (χ1v) is 12.7. The fraction of sp³-hybridized carbons (Fsp3) is 0.478. The molecular weight excluding hydrogens is 476 g/mol. The van der Waals surface area contributed by atoms with Crippen LogP contribution in [-0.2, 0) is 16.1 Å². The van der Waals surface area contributed by atoms with E-state index in [1.54, 1.807) is 56.1 Å². The number of rotatable bonds is 9. The van der Waals surface area contributed by atoms with Crippen LogP contribution in [0, 0.1) is 0 Å². The maximum Gasteiger partial charge on any atom is 0.263 e. The van der Waals surface area contributed by atoms with Crippen molar-refractivity contribution >= 4 is 46.1 Å². The third kappa shape index (κ3) is 5.73. The van der Waals surface area contributed by atoms with Gasteiger partial charge < -0.3 is 19.7 Å². The molecule has 1 aromatic carbocycles. The maximum atomic E-state index is 12.8. The first kappa shape index (κ1) is 24.6. The van der Waals surface area contributed by atoms with E-state index < -0.39 is 5.60 Å². The van der Waals surface area contributed by atoms with Crippen molar-refractivity contribution in [1.29, 1.82) is 0 Å². The average molecular weight is 505 g/mol. The van der Waals surface area contributed by atoms with Crippen molar-refractivity contribution in [1.82, 2.24) is 25.1 Å². The molecule has 3 aromatic rings. The molecule has 1 aliphatic rings. The van der Waals surface area contributed by atoms with Crippen molar-refractivity contribution in [2.75, 3.05) is 43.5 Å². The highest BCUT2D eigenvalue weighted by atomic mass is 35.5.